The molecule has 1 heterocycles. The highest BCUT2D eigenvalue weighted by Crippen LogP contribution is 2.27. The summed E-state index contributed by atoms with van der Waals surface area (Å²) in [5.74, 6) is 0.546. The normalized spacial score (nSPS) is 33.1. The maximum Gasteiger partial charge on any atom is 0.234 e. The number of amides is 1. The average Bonchev–Trinajstić information content (AvgIpc) is 2.61. The standard InChI is InChI=1S/C12H23N3O/c13-10-6-11(12(14)16)15(8-10)7-9-4-2-1-3-5-9/h9-11H,1-8,13H2,(H2,14,16)/t10-,11+/m1/s1. The number of likely N-dealkylation sites (tertiary alicyclic amines) is 1. The summed E-state index contributed by atoms with van der Waals surface area (Å²) in [6, 6.07) is 0.0121. The molecule has 1 saturated heterocycles. The third-order valence-electron chi connectivity index (χ3n) is 3.98. The zero-order chi connectivity index (χ0) is 11.5. The maximum absolute atomic E-state index is 11.3. The molecule has 4 nitrogen and oxygen atoms in total. The van der Waals surface area contributed by atoms with Crippen LogP contribution in [0.25, 0.3) is 0 Å². The highest BCUT2D eigenvalue weighted by Gasteiger charge is 2.34. The number of carbonyl (C=O) groups is 1. The third-order valence-corrected chi connectivity index (χ3v) is 3.98. The fourth-order valence-corrected chi connectivity index (χ4v) is 3.14. The predicted octanol–water partition coefficient (Wildman–Crippen LogP) is 0.454. The van der Waals surface area contributed by atoms with E-state index in [0.717, 1.165) is 25.4 Å². The van der Waals surface area contributed by atoms with E-state index < -0.39 is 0 Å². The smallest absolute Gasteiger partial charge is 0.234 e. The van der Waals surface area contributed by atoms with Gasteiger partial charge in [0.15, 0.2) is 0 Å². The highest BCUT2D eigenvalue weighted by atomic mass is 16.1. The van der Waals surface area contributed by atoms with E-state index in [2.05, 4.69) is 4.90 Å². The summed E-state index contributed by atoms with van der Waals surface area (Å²) < 4.78 is 0. The van der Waals surface area contributed by atoms with Crippen molar-refractivity contribution in [1.29, 1.82) is 0 Å². The molecular weight excluding hydrogens is 202 g/mol. The first-order chi connectivity index (χ1) is 7.66. The number of rotatable bonds is 3. The zero-order valence-electron chi connectivity index (χ0n) is 9.90. The Labute approximate surface area is 97.3 Å². The summed E-state index contributed by atoms with van der Waals surface area (Å²) in [5.41, 5.74) is 11.3. The minimum absolute atomic E-state index is 0.114. The van der Waals surface area contributed by atoms with Crippen LogP contribution in [0, 0.1) is 5.92 Å². The molecule has 1 aliphatic heterocycles. The van der Waals surface area contributed by atoms with Gasteiger partial charge in [0.05, 0.1) is 6.04 Å². The fourth-order valence-electron chi connectivity index (χ4n) is 3.14. The summed E-state index contributed by atoms with van der Waals surface area (Å²) in [5, 5.41) is 0. The van der Waals surface area contributed by atoms with E-state index in [-0.39, 0.29) is 18.0 Å². The molecule has 0 aromatic rings. The van der Waals surface area contributed by atoms with Gasteiger partial charge in [-0.15, -0.1) is 0 Å². The molecule has 1 amide bonds. The molecule has 0 spiro atoms. The van der Waals surface area contributed by atoms with E-state index in [4.69, 9.17) is 11.5 Å². The van der Waals surface area contributed by atoms with Crippen molar-refractivity contribution in [2.45, 2.75) is 50.6 Å². The molecule has 2 atom stereocenters. The Hall–Kier alpha value is -0.610. The van der Waals surface area contributed by atoms with Crippen molar-refractivity contribution < 1.29 is 4.79 Å². The fraction of sp³-hybridized carbons (Fsp3) is 0.917. The lowest BCUT2D eigenvalue weighted by Gasteiger charge is -2.29. The van der Waals surface area contributed by atoms with Crippen molar-refractivity contribution in [3.63, 3.8) is 0 Å². The van der Waals surface area contributed by atoms with Gasteiger partial charge in [-0.1, -0.05) is 19.3 Å². The largest absolute Gasteiger partial charge is 0.368 e. The van der Waals surface area contributed by atoms with Crippen LogP contribution in [-0.4, -0.2) is 36.0 Å². The number of primary amides is 1. The van der Waals surface area contributed by atoms with Gasteiger partial charge in [-0.3, -0.25) is 9.69 Å². The number of nitrogens with zero attached hydrogens (tertiary/aromatic N) is 1. The topological polar surface area (TPSA) is 72.3 Å². The van der Waals surface area contributed by atoms with Gasteiger partial charge in [0.2, 0.25) is 5.91 Å². The van der Waals surface area contributed by atoms with E-state index in [9.17, 15) is 4.79 Å². The van der Waals surface area contributed by atoms with Crippen LogP contribution in [0.2, 0.25) is 0 Å². The van der Waals surface area contributed by atoms with Crippen LogP contribution in [0.3, 0.4) is 0 Å². The summed E-state index contributed by atoms with van der Waals surface area (Å²) in [7, 11) is 0. The molecule has 1 saturated carbocycles. The van der Waals surface area contributed by atoms with Gasteiger partial charge in [0.1, 0.15) is 0 Å². The van der Waals surface area contributed by atoms with E-state index in [1.807, 2.05) is 0 Å². The Bertz CT molecular complexity index is 251. The second kappa shape index (κ2) is 5.15. The summed E-state index contributed by atoms with van der Waals surface area (Å²) in [4.78, 5) is 13.5. The molecule has 16 heavy (non-hydrogen) atoms. The van der Waals surface area contributed by atoms with Gasteiger partial charge in [-0.25, -0.2) is 0 Å². The Balaban J connectivity index is 1.89. The quantitative estimate of drug-likeness (QED) is 0.732. The van der Waals surface area contributed by atoms with Gasteiger partial charge >= 0.3 is 0 Å². The number of hydrogen-bond donors (Lipinski definition) is 2. The lowest BCUT2D eigenvalue weighted by molar-refractivity contribution is -0.122. The monoisotopic (exact) mass is 225 g/mol. The second-order valence-corrected chi connectivity index (χ2v) is 5.37. The lowest BCUT2D eigenvalue weighted by atomic mass is 9.89. The van der Waals surface area contributed by atoms with Crippen LogP contribution < -0.4 is 11.5 Å². The first kappa shape index (κ1) is 11.9. The molecule has 0 aromatic heterocycles. The van der Waals surface area contributed by atoms with Crippen LogP contribution in [0.15, 0.2) is 0 Å². The maximum atomic E-state index is 11.3. The van der Waals surface area contributed by atoms with Crippen molar-refractivity contribution >= 4 is 5.91 Å². The number of carbonyl (C=O) groups excluding carboxylic acids is 1. The molecule has 0 aromatic carbocycles. The molecule has 0 radical (unpaired) electrons. The van der Waals surface area contributed by atoms with Gasteiger partial charge < -0.3 is 11.5 Å². The first-order valence-electron chi connectivity index (χ1n) is 6.45. The minimum Gasteiger partial charge on any atom is -0.368 e. The molecule has 2 aliphatic rings. The summed E-state index contributed by atoms with van der Waals surface area (Å²) >= 11 is 0. The molecule has 2 rings (SSSR count). The molecule has 92 valence electrons. The highest BCUT2D eigenvalue weighted by molar-refractivity contribution is 5.80. The van der Waals surface area contributed by atoms with E-state index in [1.165, 1.54) is 32.1 Å². The van der Waals surface area contributed by atoms with E-state index in [1.54, 1.807) is 0 Å². The van der Waals surface area contributed by atoms with E-state index in [0.29, 0.717) is 0 Å². The van der Waals surface area contributed by atoms with Crippen molar-refractivity contribution in [3.8, 4) is 0 Å². The Morgan fingerprint density at radius 3 is 2.56 bits per heavy atom. The minimum atomic E-state index is -0.205. The SMILES string of the molecule is NC(=O)[C@@H]1C[C@@H](N)CN1CC1CCCCC1. The zero-order valence-corrected chi connectivity index (χ0v) is 9.90. The number of nitrogens with two attached hydrogens (primary N) is 2. The van der Waals surface area contributed by atoms with Gasteiger partial charge in [-0.2, -0.15) is 0 Å². The van der Waals surface area contributed by atoms with Crippen LogP contribution in [0.1, 0.15) is 38.5 Å². The van der Waals surface area contributed by atoms with Crippen molar-refractivity contribution in [2.24, 2.45) is 17.4 Å². The van der Waals surface area contributed by atoms with Crippen LogP contribution in [0.4, 0.5) is 0 Å². The van der Waals surface area contributed by atoms with Crippen molar-refractivity contribution in [3.05, 3.63) is 0 Å². The van der Waals surface area contributed by atoms with Crippen molar-refractivity contribution in [1.82, 2.24) is 4.90 Å². The molecule has 0 unspecified atom stereocenters. The van der Waals surface area contributed by atoms with Gasteiger partial charge in [0.25, 0.3) is 0 Å². The lowest BCUT2D eigenvalue weighted by Crippen LogP contribution is -2.42. The van der Waals surface area contributed by atoms with Crippen LogP contribution >= 0.6 is 0 Å². The second-order valence-electron chi connectivity index (χ2n) is 5.37. The number of hydrogen-bond acceptors (Lipinski definition) is 3. The summed E-state index contributed by atoms with van der Waals surface area (Å²) in [6.07, 6.45) is 7.39. The first-order valence-corrected chi connectivity index (χ1v) is 6.45. The Morgan fingerprint density at radius 2 is 1.94 bits per heavy atom. The van der Waals surface area contributed by atoms with Gasteiger partial charge in [-0.05, 0) is 25.2 Å². The molecule has 2 fully saturated rings. The third kappa shape index (κ3) is 2.74. The molecule has 0 bridgehead atoms. The predicted molar refractivity (Wildman–Crippen MR) is 63.7 cm³/mol. The molecule has 4 heteroatoms. The Morgan fingerprint density at radius 1 is 1.25 bits per heavy atom. The average molecular weight is 225 g/mol. The summed E-state index contributed by atoms with van der Waals surface area (Å²) in [6.45, 7) is 1.85. The van der Waals surface area contributed by atoms with Crippen LogP contribution in [-0.2, 0) is 4.79 Å². The van der Waals surface area contributed by atoms with Crippen LogP contribution in [0.5, 0.6) is 0 Å². The van der Waals surface area contributed by atoms with E-state index >= 15 is 0 Å². The molecule has 1 aliphatic carbocycles. The molecule has 4 N–H and O–H groups in total. The van der Waals surface area contributed by atoms with Gasteiger partial charge in [0, 0.05) is 19.1 Å². The Kier molecular flexibility index (Phi) is 3.82. The van der Waals surface area contributed by atoms with Crippen molar-refractivity contribution in [2.75, 3.05) is 13.1 Å². The molecular formula is C12H23N3O.